The minimum Gasteiger partial charge on any atom is -0.388 e. The lowest BCUT2D eigenvalue weighted by atomic mass is 9.89. The number of nitrogens with zero attached hydrogens (tertiary/aromatic N) is 5. The number of nitrogens with two attached hydrogens (primary N) is 1. The van der Waals surface area contributed by atoms with Crippen molar-refractivity contribution in [1.82, 2.24) is 24.2 Å². The van der Waals surface area contributed by atoms with E-state index in [0.29, 0.717) is 17.8 Å². The largest absolute Gasteiger partial charge is 0.388 e. The van der Waals surface area contributed by atoms with Gasteiger partial charge in [-0.1, -0.05) is 54.6 Å². The van der Waals surface area contributed by atoms with Gasteiger partial charge in [0.15, 0.2) is 11.7 Å². The maximum atomic E-state index is 15.1. The number of likely N-dealkylation sites (tertiary alicyclic amines) is 1. The van der Waals surface area contributed by atoms with E-state index in [-0.39, 0.29) is 43.6 Å². The van der Waals surface area contributed by atoms with Crippen molar-refractivity contribution in [3.8, 4) is 11.3 Å². The number of benzene rings is 2. The van der Waals surface area contributed by atoms with Crippen molar-refractivity contribution in [3.05, 3.63) is 82.4 Å². The summed E-state index contributed by atoms with van der Waals surface area (Å²) in [5.74, 6) is -2.93. The van der Waals surface area contributed by atoms with Gasteiger partial charge in [0.25, 0.3) is 11.5 Å². The van der Waals surface area contributed by atoms with Gasteiger partial charge < -0.3 is 15.7 Å². The average molecular weight is 569 g/mol. The monoisotopic (exact) mass is 568 g/mol. The molecule has 1 aliphatic heterocycles. The Bertz CT molecular complexity index is 1580. The zero-order valence-corrected chi connectivity index (χ0v) is 22.5. The van der Waals surface area contributed by atoms with E-state index in [4.69, 9.17) is 5.73 Å². The van der Waals surface area contributed by atoms with Crippen molar-refractivity contribution in [3.63, 3.8) is 0 Å². The van der Waals surface area contributed by atoms with Crippen molar-refractivity contribution in [2.24, 2.45) is 12.8 Å². The highest BCUT2D eigenvalue weighted by atomic mass is 19.3. The summed E-state index contributed by atoms with van der Waals surface area (Å²) in [4.78, 5) is 31.8. The van der Waals surface area contributed by atoms with E-state index < -0.39 is 35.6 Å². The molecule has 9 nitrogen and oxygen atoms in total. The minimum absolute atomic E-state index is 0.0293. The summed E-state index contributed by atoms with van der Waals surface area (Å²) in [5, 5.41) is 15.6. The van der Waals surface area contributed by atoms with E-state index in [1.165, 1.54) is 35.2 Å². The van der Waals surface area contributed by atoms with Crippen LogP contribution in [0.15, 0.2) is 65.7 Å². The molecule has 1 amide bonds. The van der Waals surface area contributed by atoms with Crippen LogP contribution in [0.4, 0.5) is 13.2 Å². The summed E-state index contributed by atoms with van der Waals surface area (Å²) >= 11 is 0. The van der Waals surface area contributed by atoms with Crippen LogP contribution in [0, 0.1) is 0 Å². The molecule has 1 aliphatic rings. The Morgan fingerprint density at radius 1 is 1.05 bits per heavy atom. The maximum absolute atomic E-state index is 15.1. The third-order valence-electron chi connectivity index (χ3n) is 7.75. The first-order chi connectivity index (χ1) is 19.6. The summed E-state index contributed by atoms with van der Waals surface area (Å²) in [6.45, 7) is 0.202. The molecule has 3 N–H and O–H groups in total. The van der Waals surface area contributed by atoms with Gasteiger partial charge in [0.05, 0.1) is 30.1 Å². The van der Waals surface area contributed by atoms with E-state index in [1.54, 1.807) is 17.8 Å². The van der Waals surface area contributed by atoms with Crippen molar-refractivity contribution < 1.29 is 23.1 Å². The maximum Gasteiger partial charge on any atom is 0.281 e. The van der Waals surface area contributed by atoms with Gasteiger partial charge in [-0.25, -0.2) is 18.2 Å². The van der Waals surface area contributed by atoms with Gasteiger partial charge in [-0.15, -0.1) is 0 Å². The van der Waals surface area contributed by atoms with Crippen molar-refractivity contribution in [1.29, 1.82) is 0 Å². The fourth-order valence-corrected chi connectivity index (χ4v) is 5.39. The van der Waals surface area contributed by atoms with Gasteiger partial charge in [0.2, 0.25) is 6.43 Å². The smallest absolute Gasteiger partial charge is 0.281 e. The molecule has 2 aromatic heterocycles. The molecule has 41 heavy (non-hydrogen) atoms. The lowest BCUT2D eigenvalue weighted by Crippen LogP contribution is -2.52. The van der Waals surface area contributed by atoms with E-state index in [2.05, 4.69) is 10.1 Å². The summed E-state index contributed by atoms with van der Waals surface area (Å²) in [6.07, 6.45) is -4.08. The first kappa shape index (κ1) is 28.5. The van der Waals surface area contributed by atoms with Crippen LogP contribution in [0.5, 0.6) is 0 Å². The topological polar surface area (TPSA) is 119 Å². The Hall–Kier alpha value is -4.03. The molecule has 0 aliphatic carbocycles. The molecule has 0 spiro atoms. The number of carbonyl (C=O) groups excluding carboxylic acids is 1. The molecule has 5 rings (SSSR count). The number of hydrogen-bond donors (Lipinski definition) is 2. The van der Waals surface area contributed by atoms with E-state index in [9.17, 15) is 23.5 Å². The fraction of sp³-hybridized carbons (Fsp3) is 0.379. The highest BCUT2D eigenvalue weighted by Gasteiger charge is 2.42. The molecular formula is C29H31F3N6O3. The second-order valence-corrected chi connectivity index (χ2v) is 10.5. The lowest BCUT2D eigenvalue weighted by Gasteiger charge is -2.39. The number of halogens is 3. The number of amides is 1. The number of hydrogen-bond acceptors (Lipinski definition) is 6. The summed E-state index contributed by atoms with van der Waals surface area (Å²) in [5.41, 5.74) is 6.91. The SMILES string of the molecule is Cn1nc2c(=O)n(CC3(O)CCN(C(=O)C(F)C(c4ccccc4)C(F)F)CC3)cnc2c1-c1ccc(CN)cc1. The predicted octanol–water partition coefficient (Wildman–Crippen LogP) is 3.00. The van der Waals surface area contributed by atoms with Gasteiger partial charge in [0, 0.05) is 32.2 Å². The molecule has 2 aromatic carbocycles. The number of fused-ring (bicyclic) bond motifs is 1. The van der Waals surface area contributed by atoms with Crippen molar-refractivity contribution in [2.75, 3.05) is 13.1 Å². The van der Waals surface area contributed by atoms with E-state index in [1.807, 2.05) is 24.3 Å². The number of piperidine rings is 1. The van der Waals surface area contributed by atoms with Gasteiger partial charge >= 0.3 is 0 Å². The zero-order valence-electron chi connectivity index (χ0n) is 22.5. The number of aryl methyl sites for hydroxylation is 1. The second kappa shape index (κ2) is 11.5. The molecule has 12 heteroatoms. The van der Waals surface area contributed by atoms with Crippen molar-refractivity contribution in [2.45, 2.75) is 50.0 Å². The predicted molar refractivity (Wildman–Crippen MR) is 147 cm³/mol. The second-order valence-electron chi connectivity index (χ2n) is 10.5. The Balaban J connectivity index is 1.30. The molecule has 0 saturated carbocycles. The highest BCUT2D eigenvalue weighted by Crippen LogP contribution is 2.32. The number of aromatic nitrogens is 4. The molecule has 2 atom stereocenters. The molecule has 2 unspecified atom stereocenters. The molecule has 1 fully saturated rings. The normalized spacial score (nSPS) is 16.7. The number of rotatable bonds is 8. The zero-order chi connectivity index (χ0) is 29.3. The standard InChI is InChI=1S/C29H31F3N6O3/c1-36-25(20-9-7-18(15-33)8-10-20)23-24(35-36)28(40)38(17-34-23)16-29(41)11-13-37(14-12-29)27(39)22(30)21(26(31)32)19-5-3-2-4-6-19/h2-10,17,21-22,26,41H,11-16,33H2,1H3. The van der Waals surface area contributed by atoms with Gasteiger partial charge in [-0.3, -0.25) is 18.8 Å². The Morgan fingerprint density at radius 2 is 1.71 bits per heavy atom. The van der Waals surface area contributed by atoms with Crippen LogP contribution >= 0.6 is 0 Å². The van der Waals surface area contributed by atoms with Crippen LogP contribution in [-0.4, -0.2) is 66.5 Å². The molecular weight excluding hydrogens is 537 g/mol. The van der Waals surface area contributed by atoms with E-state index >= 15 is 4.39 Å². The van der Waals surface area contributed by atoms with Gasteiger partial charge in [0.1, 0.15) is 5.52 Å². The number of aliphatic hydroxyl groups is 1. The van der Waals surface area contributed by atoms with Gasteiger partial charge in [-0.05, 0) is 24.0 Å². The van der Waals surface area contributed by atoms with Crippen LogP contribution in [0.3, 0.4) is 0 Å². The molecule has 1 saturated heterocycles. The molecule has 0 radical (unpaired) electrons. The quantitative estimate of drug-likeness (QED) is 0.337. The Labute approximate surface area is 234 Å². The number of alkyl halides is 3. The first-order valence-electron chi connectivity index (χ1n) is 13.3. The van der Waals surface area contributed by atoms with Gasteiger partial charge in [-0.2, -0.15) is 5.10 Å². The van der Waals surface area contributed by atoms with Crippen LogP contribution in [0.25, 0.3) is 22.3 Å². The Kier molecular flexibility index (Phi) is 7.96. The third-order valence-corrected chi connectivity index (χ3v) is 7.75. The van der Waals surface area contributed by atoms with Crippen molar-refractivity contribution >= 4 is 16.9 Å². The van der Waals surface area contributed by atoms with Crippen LogP contribution < -0.4 is 11.3 Å². The minimum atomic E-state index is -3.07. The third kappa shape index (κ3) is 5.62. The van der Waals surface area contributed by atoms with Crippen LogP contribution in [-0.2, 0) is 24.9 Å². The average Bonchev–Trinajstić information content (AvgIpc) is 3.31. The molecule has 216 valence electrons. The van der Waals surface area contributed by atoms with Crippen LogP contribution in [0.2, 0.25) is 0 Å². The number of carbonyl (C=O) groups is 1. The molecule has 0 bridgehead atoms. The first-order valence-corrected chi connectivity index (χ1v) is 13.3. The highest BCUT2D eigenvalue weighted by molar-refractivity contribution is 5.89. The fourth-order valence-electron chi connectivity index (χ4n) is 5.39. The van der Waals surface area contributed by atoms with E-state index in [0.717, 1.165) is 16.0 Å². The molecule has 4 aromatic rings. The van der Waals surface area contributed by atoms with Crippen LogP contribution in [0.1, 0.15) is 29.9 Å². The lowest BCUT2D eigenvalue weighted by molar-refractivity contribution is -0.143. The molecule has 3 heterocycles. The Morgan fingerprint density at radius 3 is 2.32 bits per heavy atom. The summed E-state index contributed by atoms with van der Waals surface area (Å²) in [7, 11) is 1.71. The summed E-state index contributed by atoms with van der Waals surface area (Å²) in [6, 6.07) is 14.9. The summed E-state index contributed by atoms with van der Waals surface area (Å²) < 4.78 is 45.4.